The summed E-state index contributed by atoms with van der Waals surface area (Å²) in [5.74, 6) is 0.0693. The molecule has 0 spiro atoms. The van der Waals surface area contributed by atoms with E-state index in [-0.39, 0.29) is 25.2 Å². The van der Waals surface area contributed by atoms with Gasteiger partial charge in [0.1, 0.15) is 0 Å². The minimum Gasteiger partial charge on any atom is -0.394 e. The molecule has 0 fully saturated rings. The van der Waals surface area contributed by atoms with Crippen LogP contribution in [0.15, 0.2) is 0 Å². The van der Waals surface area contributed by atoms with Gasteiger partial charge in [-0.2, -0.15) is 0 Å². The van der Waals surface area contributed by atoms with E-state index < -0.39 is 6.10 Å². The summed E-state index contributed by atoms with van der Waals surface area (Å²) in [6.07, 6.45) is 26.2. The van der Waals surface area contributed by atoms with Crippen molar-refractivity contribution in [2.45, 2.75) is 161 Å². The number of rotatable bonds is 26. The highest BCUT2D eigenvalue weighted by Gasteiger charge is 2.11. The van der Waals surface area contributed by atoms with Crippen LogP contribution in [0.3, 0.4) is 0 Å². The summed E-state index contributed by atoms with van der Waals surface area (Å²) in [6.45, 7) is 4.29. The molecule has 0 aliphatic heterocycles. The molecule has 0 saturated heterocycles. The van der Waals surface area contributed by atoms with Gasteiger partial charge in [-0.15, -0.1) is 0 Å². The summed E-state index contributed by atoms with van der Waals surface area (Å²) in [4.78, 5) is 12.0. The standard InChI is InChI=1S/C28H58N2O3/c1-3-5-6-7-8-9-10-11-12-13-14-15-16-17-18-19-20-21-22-23-28(33)30-27(4-2)29-24-26(32)25-31/h26-27,29,31-32H,3-25H2,1-2H3,(H,30,33). The molecular weight excluding hydrogens is 412 g/mol. The first kappa shape index (κ1) is 32.4. The number of nitrogens with one attached hydrogen (secondary N) is 2. The maximum atomic E-state index is 12.0. The number of unbranched alkanes of at least 4 members (excludes halogenated alkanes) is 18. The number of carbonyl (C=O) groups excluding carboxylic acids is 1. The van der Waals surface area contributed by atoms with E-state index in [9.17, 15) is 9.90 Å². The number of hydrogen-bond donors (Lipinski definition) is 4. The zero-order chi connectivity index (χ0) is 24.4. The molecule has 0 bridgehead atoms. The Morgan fingerprint density at radius 2 is 1.06 bits per heavy atom. The van der Waals surface area contributed by atoms with Crippen LogP contribution in [-0.4, -0.2) is 41.5 Å². The Morgan fingerprint density at radius 1 is 0.667 bits per heavy atom. The van der Waals surface area contributed by atoms with Gasteiger partial charge in [0.15, 0.2) is 0 Å². The van der Waals surface area contributed by atoms with Gasteiger partial charge in [0.05, 0.1) is 18.9 Å². The average Bonchev–Trinajstić information content (AvgIpc) is 2.82. The third kappa shape index (κ3) is 24.3. The van der Waals surface area contributed by atoms with E-state index in [0.29, 0.717) is 6.42 Å². The van der Waals surface area contributed by atoms with Gasteiger partial charge in [0.25, 0.3) is 0 Å². The van der Waals surface area contributed by atoms with Crippen molar-refractivity contribution in [2.75, 3.05) is 13.2 Å². The predicted octanol–water partition coefficient (Wildman–Crippen LogP) is 6.60. The van der Waals surface area contributed by atoms with Crippen molar-refractivity contribution in [2.24, 2.45) is 0 Å². The first-order valence-corrected chi connectivity index (χ1v) is 14.5. The Morgan fingerprint density at radius 3 is 1.42 bits per heavy atom. The largest absolute Gasteiger partial charge is 0.394 e. The smallest absolute Gasteiger partial charge is 0.221 e. The Bertz CT molecular complexity index is 407. The van der Waals surface area contributed by atoms with E-state index in [1.807, 2.05) is 6.92 Å². The maximum Gasteiger partial charge on any atom is 0.221 e. The molecule has 0 aromatic carbocycles. The molecule has 0 aromatic heterocycles. The third-order valence-electron chi connectivity index (χ3n) is 6.56. The van der Waals surface area contributed by atoms with Crippen LogP contribution in [0.25, 0.3) is 0 Å². The van der Waals surface area contributed by atoms with Crippen molar-refractivity contribution in [3.63, 3.8) is 0 Å². The maximum absolute atomic E-state index is 12.0. The fourth-order valence-electron chi connectivity index (χ4n) is 4.27. The number of aliphatic hydroxyl groups is 2. The quantitative estimate of drug-likeness (QED) is 0.0847. The lowest BCUT2D eigenvalue weighted by molar-refractivity contribution is -0.122. The Balaban J connectivity index is 3.30. The fraction of sp³-hybridized carbons (Fsp3) is 0.964. The van der Waals surface area contributed by atoms with E-state index in [2.05, 4.69) is 17.6 Å². The zero-order valence-corrected chi connectivity index (χ0v) is 22.2. The topological polar surface area (TPSA) is 81.6 Å². The second-order valence-corrected chi connectivity index (χ2v) is 9.89. The van der Waals surface area contributed by atoms with Crippen molar-refractivity contribution < 1.29 is 15.0 Å². The SMILES string of the molecule is CCCCCCCCCCCCCCCCCCCCCC(=O)NC(CC)NCC(O)CO. The van der Waals surface area contributed by atoms with Gasteiger partial charge in [0, 0.05) is 13.0 Å². The zero-order valence-electron chi connectivity index (χ0n) is 22.2. The summed E-state index contributed by atoms with van der Waals surface area (Å²) in [5.41, 5.74) is 0. The second kappa shape index (κ2) is 26.0. The molecular formula is C28H58N2O3. The molecule has 2 atom stereocenters. The molecule has 0 aliphatic rings. The van der Waals surface area contributed by atoms with Gasteiger partial charge >= 0.3 is 0 Å². The highest BCUT2D eigenvalue weighted by Crippen LogP contribution is 2.14. The summed E-state index contributed by atoms with van der Waals surface area (Å²) in [6, 6.07) is 0. The molecule has 1 amide bonds. The van der Waals surface area contributed by atoms with Crippen LogP contribution in [0.1, 0.15) is 149 Å². The predicted molar refractivity (Wildman–Crippen MR) is 141 cm³/mol. The van der Waals surface area contributed by atoms with Crippen LogP contribution >= 0.6 is 0 Å². The van der Waals surface area contributed by atoms with Gasteiger partial charge in [-0.3, -0.25) is 10.1 Å². The van der Waals surface area contributed by atoms with Crippen LogP contribution in [0.2, 0.25) is 0 Å². The van der Waals surface area contributed by atoms with Crippen LogP contribution in [0.5, 0.6) is 0 Å². The number of hydrogen-bond acceptors (Lipinski definition) is 4. The number of aliphatic hydroxyl groups excluding tert-OH is 2. The minimum atomic E-state index is -0.782. The van der Waals surface area contributed by atoms with Crippen molar-refractivity contribution in [1.82, 2.24) is 10.6 Å². The number of carbonyl (C=O) groups is 1. The summed E-state index contributed by atoms with van der Waals surface area (Å²) in [7, 11) is 0. The molecule has 198 valence electrons. The lowest BCUT2D eigenvalue weighted by Gasteiger charge is -2.20. The summed E-state index contributed by atoms with van der Waals surface area (Å²) >= 11 is 0. The molecule has 0 saturated carbocycles. The van der Waals surface area contributed by atoms with Gasteiger partial charge in [0.2, 0.25) is 5.91 Å². The molecule has 0 heterocycles. The molecule has 0 radical (unpaired) electrons. The van der Waals surface area contributed by atoms with Crippen LogP contribution in [0.4, 0.5) is 0 Å². The van der Waals surface area contributed by atoms with E-state index in [1.165, 1.54) is 109 Å². The van der Waals surface area contributed by atoms with Crippen LogP contribution in [-0.2, 0) is 4.79 Å². The third-order valence-corrected chi connectivity index (χ3v) is 6.56. The van der Waals surface area contributed by atoms with Gasteiger partial charge in [-0.1, -0.05) is 129 Å². The summed E-state index contributed by atoms with van der Waals surface area (Å²) in [5, 5.41) is 24.3. The van der Waals surface area contributed by atoms with E-state index in [0.717, 1.165) is 19.3 Å². The first-order chi connectivity index (χ1) is 16.1. The van der Waals surface area contributed by atoms with Crippen molar-refractivity contribution in [3.8, 4) is 0 Å². The van der Waals surface area contributed by atoms with Crippen molar-refractivity contribution >= 4 is 5.91 Å². The monoisotopic (exact) mass is 470 g/mol. The Labute approximate surface area is 205 Å². The minimum absolute atomic E-state index is 0.0693. The Kier molecular flexibility index (Phi) is 25.5. The molecule has 5 heteroatoms. The molecule has 0 aromatic rings. The molecule has 2 unspecified atom stereocenters. The molecule has 33 heavy (non-hydrogen) atoms. The lowest BCUT2D eigenvalue weighted by Crippen LogP contribution is -2.47. The molecule has 4 N–H and O–H groups in total. The lowest BCUT2D eigenvalue weighted by atomic mass is 10.0. The average molecular weight is 471 g/mol. The van der Waals surface area contributed by atoms with Crippen molar-refractivity contribution in [1.29, 1.82) is 0 Å². The van der Waals surface area contributed by atoms with E-state index in [1.54, 1.807) is 0 Å². The number of amides is 1. The van der Waals surface area contributed by atoms with Crippen LogP contribution in [0, 0.1) is 0 Å². The second-order valence-electron chi connectivity index (χ2n) is 9.89. The Hall–Kier alpha value is -0.650. The van der Waals surface area contributed by atoms with Crippen LogP contribution < -0.4 is 10.6 Å². The van der Waals surface area contributed by atoms with Gasteiger partial charge in [-0.05, 0) is 12.8 Å². The normalized spacial score (nSPS) is 13.2. The van der Waals surface area contributed by atoms with Crippen molar-refractivity contribution in [3.05, 3.63) is 0 Å². The van der Waals surface area contributed by atoms with Gasteiger partial charge < -0.3 is 15.5 Å². The van der Waals surface area contributed by atoms with E-state index >= 15 is 0 Å². The molecule has 0 aliphatic carbocycles. The fourth-order valence-corrected chi connectivity index (χ4v) is 4.27. The molecule has 0 rings (SSSR count). The highest BCUT2D eigenvalue weighted by atomic mass is 16.3. The highest BCUT2D eigenvalue weighted by molar-refractivity contribution is 5.76. The summed E-state index contributed by atoms with van der Waals surface area (Å²) < 4.78 is 0. The van der Waals surface area contributed by atoms with Gasteiger partial charge in [-0.25, -0.2) is 0 Å². The first-order valence-electron chi connectivity index (χ1n) is 14.5. The molecule has 5 nitrogen and oxygen atoms in total. The van der Waals surface area contributed by atoms with E-state index in [4.69, 9.17) is 5.11 Å².